The molecule has 0 saturated carbocycles. The summed E-state index contributed by atoms with van der Waals surface area (Å²) in [4.78, 5) is 3.79. The Kier molecular flexibility index (Phi) is 5.35. The van der Waals surface area contributed by atoms with Crippen LogP contribution in [0.2, 0.25) is 0 Å². The fourth-order valence-electron chi connectivity index (χ4n) is 2.35. The number of ether oxygens (including phenoxy) is 1. The number of aromatic nitrogens is 3. The van der Waals surface area contributed by atoms with Crippen molar-refractivity contribution in [3.05, 3.63) is 47.5 Å². The van der Waals surface area contributed by atoms with E-state index in [0.29, 0.717) is 0 Å². The fourth-order valence-corrected chi connectivity index (χ4v) is 2.35. The zero-order valence-corrected chi connectivity index (χ0v) is 12.7. The van der Waals surface area contributed by atoms with E-state index in [1.54, 1.807) is 6.07 Å². The third-order valence-corrected chi connectivity index (χ3v) is 3.47. The second-order valence-electron chi connectivity index (χ2n) is 5.35. The normalized spacial score (nSPS) is 13.5. The van der Waals surface area contributed by atoms with Crippen LogP contribution in [0.25, 0.3) is 0 Å². The molecule has 0 aliphatic rings. The molecule has 2 aromatic rings. The van der Waals surface area contributed by atoms with Crippen molar-refractivity contribution in [3.63, 3.8) is 0 Å². The van der Waals surface area contributed by atoms with Gasteiger partial charge in [0.25, 0.3) is 0 Å². The first kappa shape index (κ1) is 17.4. The minimum Gasteiger partial charge on any atom is -0.315 e. The van der Waals surface area contributed by atoms with E-state index in [1.165, 1.54) is 17.3 Å². The first-order chi connectivity index (χ1) is 10.8. The van der Waals surface area contributed by atoms with Crippen LogP contribution < -0.4 is 0 Å². The molecule has 1 heterocycles. The average Bonchev–Trinajstić information content (AvgIpc) is 2.96. The molecule has 0 aliphatic carbocycles. The van der Waals surface area contributed by atoms with Crippen LogP contribution in [0.3, 0.4) is 0 Å². The van der Waals surface area contributed by atoms with Crippen LogP contribution in [-0.4, -0.2) is 33.9 Å². The zero-order valence-electron chi connectivity index (χ0n) is 12.7. The van der Waals surface area contributed by atoms with Gasteiger partial charge >= 0.3 is 12.5 Å². The van der Waals surface area contributed by atoms with E-state index in [-0.39, 0.29) is 6.54 Å². The standard InChI is InChI=1S/C15H17F4N3O/c1-10-3-4-13(11(2)5-10)12(6-22-9-20-8-21-22)7-23-15(18,19)14(16)17/h3-5,8-9,12,14H,6-7H2,1-2H3. The SMILES string of the molecule is Cc1ccc(C(COC(F)(F)C(F)F)Cn2cncn2)c(C)c1. The highest BCUT2D eigenvalue weighted by Crippen LogP contribution is 2.29. The van der Waals surface area contributed by atoms with Gasteiger partial charge in [-0.3, -0.25) is 4.68 Å². The van der Waals surface area contributed by atoms with Gasteiger partial charge in [-0.1, -0.05) is 23.8 Å². The van der Waals surface area contributed by atoms with E-state index in [2.05, 4.69) is 14.8 Å². The van der Waals surface area contributed by atoms with Crippen LogP contribution in [-0.2, 0) is 11.3 Å². The predicted molar refractivity (Wildman–Crippen MR) is 75.6 cm³/mol. The summed E-state index contributed by atoms with van der Waals surface area (Å²) in [5.41, 5.74) is 2.64. The van der Waals surface area contributed by atoms with Crippen molar-refractivity contribution < 1.29 is 22.3 Å². The monoisotopic (exact) mass is 331 g/mol. The van der Waals surface area contributed by atoms with Crippen molar-refractivity contribution in [2.75, 3.05) is 6.61 Å². The minimum atomic E-state index is -4.47. The fraction of sp³-hybridized carbons (Fsp3) is 0.467. The number of aryl methyl sites for hydroxylation is 2. The molecule has 23 heavy (non-hydrogen) atoms. The van der Waals surface area contributed by atoms with E-state index in [0.717, 1.165) is 16.7 Å². The van der Waals surface area contributed by atoms with E-state index in [1.807, 2.05) is 26.0 Å². The van der Waals surface area contributed by atoms with Crippen molar-refractivity contribution in [2.24, 2.45) is 0 Å². The third-order valence-electron chi connectivity index (χ3n) is 3.47. The van der Waals surface area contributed by atoms with Crippen LogP contribution in [0, 0.1) is 13.8 Å². The number of hydrogen-bond acceptors (Lipinski definition) is 3. The molecule has 8 heteroatoms. The Hall–Kier alpha value is -1.96. The summed E-state index contributed by atoms with van der Waals surface area (Å²) in [6.45, 7) is 3.39. The van der Waals surface area contributed by atoms with Crippen molar-refractivity contribution in [1.29, 1.82) is 0 Å². The Morgan fingerprint density at radius 2 is 2.00 bits per heavy atom. The molecule has 0 spiro atoms. The lowest BCUT2D eigenvalue weighted by molar-refractivity contribution is -0.302. The summed E-state index contributed by atoms with van der Waals surface area (Å²) in [6, 6.07) is 5.52. The lowest BCUT2D eigenvalue weighted by Gasteiger charge is -2.23. The number of halogens is 4. The van der Waals surface area contributed by atoms with Gasteiger partial charge < -0.3 is 4.74 Å². The number of rotatable bonds is 7. The molecule has 0 saturated heterocycles. The van der Waals surface area contributed by atoms with Gasteiger partial charge in [0.15, 0.2) is 0 Å². The molecule has 0 N–H and O–H groups in total. The van der Waals surface area contributed by atoms with Crippen molar-refractivity contribution in [2.45, 2.75) is 38.8 Å². The molecular weight excluding hydrogens is 314 g/mol. The summed E-state index contributed by atoms with van der Waals surface area (Å²) in [6.07, 6.45) is -5.59. The van der Waals surface area contributed by atoms with Gasteiger partial charge in [0, 0.05) is 5.92 Å². The maximum Gasteiger partial charge on any atom is 0.416 e. The van der Waals surface area contributed by atoms with E-state index < -0.39 is 25.1 Å². The van der Waals surface area contributed by atoms with Gasteiger partial charge in [0.05, 0.1) is 13.2 Å². The topological polar surface area (TPSA) is 39.9 Å². The second kappa shape index (κ2) is 7.08. The summed E-state index contributed by atoms with van der Waals surface area (Å²) in [7, 11) is 0. The van der Waals surface area contributed by atoms with Gasteiger partial charge in [0.1, 0.15) is 12.7 Å². The summed E-state index contributed by atoms with van der Waals surface area (Å²) in [5, 5.41) is 3.92. The molecule has 0 amide bonds. The maximum atomic E-state index is 13.1. The molecule has 126 valence electrons. The number of benzene rings is 1. The van der Waals surface area contributed by atoms with Gasteiger partial charge in [-0.15, -0.1) is 0 Å². The van der Waals surface area contributed by atoms with Gasteiger partial charge in [-0.25, -0.2) is 13.8 Å². The van der Waals surface area contributed by atoms with Crippen molar-refractivity contribution in [3.8, 4) is 0 Å². The maximum absolute atomic E-state index is 13.1. The van der Waals surface area contributed by atoms with Crippen LogP contribution in [0.5, 0.6) is 0 Å². The first-order valence-corrected chi connectivity index (χ1v) is 6.99. The highest BCUT2D eigenvalue weighted by Gasteiger charge is 2.42. The molecule has 0 radical (unpaired) electrons. The number of alkyl halides is 4. The Bertz CT molecular complexity index is 632. The molecule has 1 aromatic heterocycles. The summed E-state index contributed by atoms with van der Waals surface area (Å²) < 4.78 is 56.3. The molecule has 1 atom stereocenters. The molecule has 0 bridgehead atoms. The van der Waals surface area contributed by atoms with Gasteiger partial charge in [-0.05, 0) is 25.0 Å². The third kappa shape index (κ3) is 4.51. The number of nitrogens with zero attached hydrogens (tertiary/aromatic N) is 3. The van der Waals surface area contributed by atoms with Crippen LogP contribution in [0.15, 0.2) is 30.9 Å². The highest BCUT2D eigenvalue weighted by atomic mass is 19.3. The predicted octanol–water partition coefficient (Wildman–Crippen LogP) is 3.55. The summed E-state index contributed by atoms with van der Waals surface area (Å²) in [5.74, 6) is -0.554. The Balaban J connectivity index is 2.21. The second-order valence-corrected chi connectivity index (χ2v) is 5.35. The Labute approximate surface area is 131 Å². The van der Waals surface area contributed by atoms with Crippen LogP contribution >= 0.6 is 0 Å². The molecule has 1 unspecified atom stereocenters. The Morgan fingerprint density at radius 1 is 1.26 bits per heavy atom. The molecule has 1 aromatic carbocycles. The smallest absolute Gasteiger partial charge is 0.315 e. The lowest BCUT2D eigenvalue weighted by Crippen LogP contribution is -2.32. The highest BCUT2D eigenvalue weighted by molar-refractivity contribution is 5.33. The zero-order chi connectivity index (χ0) is 17.0. The molecular formula is C15H17F4N3O. The van der Waals surface area contributed by atoms with Gasteiger partial charge in [-0.2, -0.15) is 13.9 Å². The molecule has 0 aliphatic heterocycles. The van der Waals surface area contributed by atoms with E-state index in [4.69, 9.17) is 0 Å². The van der Waals surface area contributed by atoms with E-state index in [9.17, 15) is 17.6 Å². The molecule has 0 fully saturated rings. The lowest BCUT2D eigenvalue weighted by atomic mass is 9.94. The van der Waals surface area contributed by atoms with Gasteiger partial charge in [0.2, 0.25) is 0 Å². The van der Waals surface area contributed by atoms with Crippen molar-refractivity contribution >= 4 is 0 Å². The van der Waals surface area contributed by atoms with Crippen molar-refractivity contribution in [1.82, 2.24) is 14.8 Å². The molecule has 4 nitrogen and oxygen atoms in total. The average molecular weight is 331 g/mol. The summed E-state index contributed by atoms with van der Waals surface area (Å²) >= 11 is 0. The van der Waals surface area contributed by atoms with E-state index >= 15 is 0 Å². The number of hydrogen-bond donors (Lipinski definition) is 0. The minimum absolute atomic E-state index is 0.198. The Morgan fingerprint density at radius 3 is 2.57 bits per heavy atom. The van der Waals surface area contributed by atoms with Crippen LogP contribution in [0.1, 0.15) is 22.6 Å². The quantitative estimate of drug-likeness (QED) is 0.729. The largest absolute Gasteiger partial charge is 0.416 e. The molecule has 2 rings (SSSR count). The first-order valence-electron chi connectivity index (χ1n) is 6.99. The van der Waals surface area contributed by atoms with Crippen LogP contribution in [0.4, 0.5) is 17.6 Å².